The molecular weight excluding hydrogens is 296 g/mol. The van der Waals surface area contributed by atoms with E-state index in [1.807, 2.05) is 36.1 Å². The molecule has 2 amide bonds. The van der Waals surface area contributed by atoms with Crippen molar-refractivity contribution >= 4 is 11.7 Å². The van der Waals surface area contributed by atoms with Gasteiger partial charge in [0.05, 0.1) is 6.04 Å². The second kappa shape index (κ2) is 7.08. The summed E-state index contributed by atoms with van der Waals surface area (Å²) in [5.41, 5.74) is 4.49. The Bertz CT molecular complexity index is 708. The molecule has 3 rings (SSSR count). The third-order valence-corrected chi connectivity index (χ3v) is 4.88. The first kappa shape index (κ1) is 16.6. The molecule has 2 unspecified atom stereocenters. The lowest BCUT2D eigenvalue weighted by atomic mass is 9.86. The monoisotopic (exact) mass is 322 g/mol. The van der Waals surface area contributed by atoms with Crippen LogP contribution in [0, 0.1) is 19.8 Å². The van der Waals surface area contributed by atoms with E-state index in [9.17, 15) is 4.79 Å². The van der Waals surface area contributed by atoms with Gasteiger partial charge in [-0.1, -0.05) is 48.9 Å². The number of nitrogens with zero attached hydrogens (tertiary/aromatic N) is 1. The fourth-order valence-corrected chi connectivity index (χ4v) is 3.61. The predicted molar refractivity (Wildman–Crippen MR) is 99.2 cm³/mol. The number of anilines is 1. The van der Waals surface area contributed by atoms with E-state index < -0.39 is 0 Å². The van der Waals surface area contributed by atoms with Crippen molar-refractivity contribution in [3.8, 4) is 0 Å². The maximum atomic E-state index is 12.9. The first-order valence-corrected chi connectivity index (χ1v) is 8.75. The number of carbonyl (C=O) groups is 1. The summed E-state index contributed by atoms with van der Waals surface area (Å²) in [6.07, 6.45) is 2.22. The molecule has 1 aliphatic heterocycles. The average molecular weight is 322 g/mol. The summed E-state index contributed by atoms with van der Waals surface area (Å²) in [7, 11) is 0. The van der Waals surface area contributed by atoms with Crippen molar-refractivity contribution in [3.63, 3.8) is 0 Å². The summed E-state index contributed by atoms with van der Waals surface area (Å²) in [4.78, 5) is 14.9. The zero-order valence-electron chi connectivity index (χ0n) is 14.8. The Morgan fingerprint density at radius 3 is 2.54 bits per heavy atom. The van der Waals surface area contributed by atoms with Gasteiger partial charge < -0.3 is 10.2 Å². The van der Waals surface area contributed by atoms with E-state index in [1.165, 1.54) is 11.1 Å². The first-order valence-electron chi connectivity index (χ1n) is 8.75. The molecular formula is C21H26N2O. The molecule has 0 aromatic heterocycles. The van der Waals surface area contributed by atoms with Gasteiger partial charge in [0.1, 0.15) is 0 Å². The van der Waals surface area contributed by atoms with Crippen molar-refractivity contribution in [1.82, 2.24) is 4.90 Å². The molecule has 2 aromatic rings. The minimum atomic E-state index is -0.00211. The number of likely N-dealkylation sites (tertiary alicyclic amines) is 1. The van der Waals surface area contributed by atoms with E-state index in [0.717, 1.165) is 30.6 Å². The van der Waals surface area contributed by atoms with E-state index in [0.29, 0.717) is 5.92 Å². The molecule has 2 atom stereocenters. The lowest BCUT2D eigenvalue weighted by molar-refractivity contribution is 0.129. The average Bonchev–Trinajstić information content (AvgIpc) is 2.55. The Morgan fingerprint density at radius 2 is 1.83 bits per heavy atom. The highest BCUT2D eigenvalue weighted by Gasteiger charge is 2.33. The molecule has 24 heavy (non-hydrogen) atoms. The summed E-state index contributed by atoms with van der Waals surface area (Å²) >= 11 is 0. The SMILES string of the molecule is Cc1ccc(C2C(C)CCCN2C(=O)Nc2cccc(C)c2)cc1. The Balaban J connectivity index is 1.83. The molecule has 3 nitrogen and oxygen atoms in total. The minimum Gasteiger partial charge on any atom is -0.317 e. The third kappa shape index (κ3) is 3.61. The highest BCUT2D eigenvalue weighted by Crippen LogP contribution is 2.36. The number of benzene rings is 2. The molecule has 126 valence electrons. The summed E-state index contributed by atoms with van der Waals surface area (Å²) in [5, 5.41) is 3.07. The normalized spacial score (nSPS) is 20.7. The Labute approximate surface area is 144 Å². The van der Waals surface area contributed by atoms with Crippen LogP contribution in [-0.4, -0.2) is 17.5 Å². The van der Waals surface area contributed by atoms with Gasteiger partial charge in [-0.25, -0.2) is 4.79 Å². The smallest absolute Gasteiger partial charge is 0.317 e. The van der Waals surface area contributed by atoms with Gasteiger partial charge in [0.25, 0.3) is 0 Å². The number of carbonyl (C=O) groups excluding carboxylic acids is 1. The fraction of sp³-hybridized carbons (Fsp3) is 0.381. The van der Waals surface area contributed by atoms with E-state index in [4.69, 9.17) is 0 Å². The van der Waals surface area contributed by atoms with Crippen molar-refractivity contribution in [1.29, 1.82) is 0 Å². The number of piperidine rings is 1. The molecule has 1 heterocycles. The van der Waals surface area contributed by atoms with Crippen LogP contribution in [0.4, 0.5) is 10.5 Å². The van der Waals surface area contributed by atoms with Crippen LogP contribution < -0.4 is 5.32 Å². The van der Waals surface area contributed by atoms with Gasteiger partial charge in [0, 0.05) is 12.2 Å². The van der Waals surface area contributed by atoms with Gasteiger partial charge in [-0.2, -0.15) is 0 Å². The zero-order chi connectivity index (χ0) is 17.1. The van der Waals surface area contributed by atoms with E-state index >= 15 is 0 Å². The summed E-state index contributed by atoms with van der Waals surface area (Å²) in [6, 6.07) is 16.7. The number of nitrogens with one attached hydrogen (secondary N) is 1. The van der Waals surface area contributed by atoms with Gasteiger partial charge in [-0.15, -0.1) is 0 Å². The maximum Gasteiger partial charge on any atom is 0.322 e. The molecule has 1 aliphatic rings. The molecule has 0 spiro atoms. The lowest BCUT2D eigenvalue weighted by Gasteiger charge is -2.40. The topological polar surface area (TPSA) is 32.3 Å². The van der Waals surface area contributed by atoms with Crippen LogP contribution >= 0.6 is 0 Å². The lowest BCUT2D eigenvalue weighted by Crippen LogP contribution is -2.44. The number of urea groups is 1. The van der Waals surface area contributed by atoms with Crippen LogP contribution in [0.1, 0.15) is 42.5 Å². The Morgan fingerprint density at radius 1 is 1.08 bits per heavy atom. The van der Waals surface area contributed by atoms with Crippen LogP contribution in [0.2, 0.25) is 0 Å². The molecule has 3 heteroatoms. The van der Waals surface area contributed by atoms with E-state index in [2.05, 4.69) is 43.4 Å². The van der Waals surface area contributed by atoms with Crippen LogP contribution in [0.15, 0.2) is 48.5 Å². The van der Waals surface area contributed by atoms with Gasteiger partial charge in [0.15, 0.2) is 0 Å². The quantitative estimate of drug-likeness (QED) is 0.798. The van der Waals surface area contributed by atoms with Gasteiger partial charge >= 0.3 is 6.03 Å². The number of hydrogen-bond acceptors (Lipinski definition) is 1. The standard InChI is InChI=1S/C21H26N2O/c1-15-9-11-18(12-10-15)20-17(3)7-5-13-23(20)21(24)22-19-8-4-6-16(2)14-19/h4,6,8-12,14,17,20H,5,7,13H2,1-3H3,(H,22,24). The molecule has 0 saturated carbocycles. The van der Waals surface area contributed by atoms with Crippen molar-refractivity contribution in [2.75, 3.05) is 11.9 Å². The number of rotatable bonds is 2. The van der Waals surface area contributed by atoms with Crippen LogP contribution in [0.5, 0.6) is 0 Å². The highest BCUT2D eigenvalue weighted by atomic mass is 16.2. The highest BCUT2D eigenvalue weighted by molar-refractivity contribution is 5.89. The number of aryl methyl sites for hydroxylation is 2. The third-order valence-electron chi connectivity index (χ3n) is 4.88. The summed E-state index contributed by atoms with van der Waals surface area (Å²) in [6.45, 7) is 7.18. The largest absolute Gasteiger partial charge is 0.322 e. The summed E-state index contributed by atoms with van der Waals surface area (Å²) < 4.78 is 0. The molecule has 1 fully saturated rings. The van der Waals surface area contributed by atoms with E-state index in [-0.39, 0.29) is 12.1 Å². The van der Waals surface area contributed by atoms with Gasteiger partial charge in [-0.3, -0.25) is 0 Å². The molecule has 1 N–H and O–H groups in total. The van der Waals surface area contributed by atoms with Crippen molar-refractivity contribution in [2.45, 2.75) is 39.7 Å². The van der Waals surface area contributed by atoms with Gasteiger partial charge in [0.2, 0.25) is 0 Å². The van der Waals surface area contributed by atoms with Crippen LogP contribution in [-0.2, 0) is 0 Å². The Hall–Kier alpha value is -2.29. The molecule has 0 radical (unpaired) electrons. The molecule has 2 aromatic carbocycles. The summed E-state index contributed by atoms with van der Waals surface area (Å²) in [5.74, 6) is 0.463. The maximum absolute atomic E-state index is 12.9. The molecule has 0 aliphatic carbocycles. The zero-order valence-corrected chi connectivity index (χ0v) is 14.8. The minimum absolute atomic E-state index is 0.00211. The van der Waals surface area contributed by atoms with Crippen molar-refractivity contribution < 1.29 is 4.79 Å². The fourth-order valence-electron chi connectivity index (χ4n) is 3.61. The van der Waals surface area contributed by atoms with Gasteiger partial charge in [-0.05, 0) is 55.9 Å². The van der Waals surface area contributed by atoms with Crippen molar-refractivity contribution in [2.24, 2.45) is 5.92 Å². The van der Waals surface area contributed by atoms with Crippen molar-refractivity contribution in [3.05, 3.63) is 65.2 Å². The van der Waals surface area contributed by atoms with E-state index in [1.54, 1.807) is 0 Å². The number of amides is 2. The molecule has 1 saturated heterocycles. The first-order chi connectivity index (χ1) is 11.5. The predicted octanol–water partition coefficient (Wildman–Crippen LogP) is 5.31. The molecule has 0 bridgehead atoms. The number of hydrogen-bond donors (Lipinski definition) is 1. The second-order valence-electron chi connectivity index (χ2n) is 6.97. The Kier molecular flexibility index (Phi) is 4.89. The second-order valence-corrected chi connectivity index (χ2v) is 6.97. The van der Waals surface area contributed by atoms with Crippen LogP contribution in [0.3, 0.4) is 0 Å². The van der Waals surface area contributed by atoms with Crippen LogP contribution in [0.25, 0.3) is 0 Å².